The van der Waals surface area contributed by atoms with E-state index in [0.29, 0.717) is 0 Å². The molecule has 0 saturated carbocycles. The molecular formula is C17H28N2O15. The highest BCUT2D eigenvalue weighted by Crippen LogP contribution is 2.10. The summed E-state index contributed by atoms with van der Waals surface area (Å²) in [6.07, 6.45) is -11.5. The average Bonchev–Trinajstić information content (AvgIpc) is 2.73. The summed E-state index contributed by atoms with van der Waals surface area (Å²) in [6.45, 7) is -4.74. The number of nitrogens with zero attached hydrogens (tertiary/aromatic N) is 2. The van der Waals surface area contributed by atoms with Crippen molar-refractivity contribution in [1.29, 1.82) is 0 Å². The number of aliphatic carboxylic acids is 3. The Hall–Kier alpha value is -2.77. The third kappa shape index (κ3) is 11.9. The predicted octanol–water partition coefficient (Wildman–Crippen LogP) is -6.29. The molecule has 5 atom stereocenters. The summed E-state index contributed by atoms with van der Waals surface area (Å²) in [4.78, 5) is 58.3. The van der Waals surface area contributed by atoms with Crippen molar-refractivity contribution in [2.45, 2.75) is 30.5 Å². The van der Waals surface area contributed by atoms with Gasteiger partial charge in [0.1, 0.15) is 24.4 Å². The Morgan fingerprint density at radius 3 is 1.44 bits per heavy atom. The Labute approximate surface area is 191 Å². The van der Waals surface area contributed by atoms with Crippen LogP contribution in [0, 0.1) is 0 Å². The molecule has 0 spiro atoms. The van der Waals surface area contributed by atoms with Gasteiger partial charge in [-0.3, -0.25) is 29.0 Å². The highest BCUT2D eigenvalue weighted by Gasteiger charge is 2.38. The molecular weight excluding hydrogens is 472 g/mol. The first-order valence-electron chi connectivity index (χ1n) is 9.55. The number of carbonyl (C=O) groups excluding carboxylic acids is 2. The second kappa shape index (κ2) is 15.2. The van der Waals surface area contributed by atoms with E-state index in [2.05, 4.69) is 4.74 Å². The fourth-order valence-corrected chi connectivity index (χ4v) is 2.54. The van der Waals surface area contributed by atoms with Crippen molar-refractivity contribution >= 4 is 29.8 Å². The molecule has 0 unspecified atom stereocenters. The monoisotopic (exact) mass is 500 g/mol. The zero-order valence-electron chi connectivity index (χ0n) is 17.7. The standard InChI is InChI=1S/C17H28N2O15/c20-7-8(21)13(29)14(30)15(31)16(32)17(33)34-12(28)6-19(5-11(26)27)2-1-18(3-9(22)23)4-10(24)25/h8,13-16,20-21,29-32H,1-7H2,(H,22,23)(H,24,25)(H,26,27)/t8-,13+,14-,15-,16-/m1/s1. The smallest absolute Gasteiger partial charge is 0.345 e. The minimum Gasteiger partial charge on any atom is -0.480 e. The first-order valence-corrected chi connectivity index (χ1v) is 9.55. The van der Waals surface area contributed by atoms with E-state index in [0.717, 1.165) is 9.80 Å². The molecule has 17 nitrogen and oxygen atoms in total. The van der Waals surface area contributed by atoms with Gasteiger partial charge in [-0.1, -0.05) is 0 Å². The maximum absolute atomic E-state index is 12.0. The van der Waals surface area contributed by atoms with Gasteiger partial charge in [-0.15, -0.1) is 0 Å². The van der Waals surface area contributed by atoms with Gasteiger partial charge in [0.25, 0.3) is 0 Å². The molecule has 0 radical (unpaired) electrons. The van der Waals surface area contributed by atoms with Crippen LogP contribution in [0.4, 0.5) is 0 Å². The molecule has 0 aliphatic heterocycles. The Bertz CT molecular complexity index is 701. The lowest BCUT2D eigenvalue weighted by atomic mass is 9.99. The number of ether oxygens (including phenoxy) is 1. The van der Waals surface area contributed by atoms with E-state index in [4.69, 9.17) is 20.4 Å². The van der Waals surface area contributed by atoms with Crippen LogP contribution < -0.4 is 0 Å². The summed E-state index contributed by atoms with van der Waals surface area (Å²) < 4.78 is 4.27. The molecule has 196 valence electrons. The van der Waals surface area contributed by atoms with Crippen LogP contribution >= 0.6 is 0 Å². The number of carboxylic acid groups (broad SMARTS) is 3. The quantitative estimate of drug-likeness (QED) is 0.0662. The van der Waals surface area contributed by atoms with Gasteiger partial charge < -0.3 is 50.7 Å². The lowest BCUT2D eigenvalue weighted by Gasteiger charge is -2.27. The minimum absolute atomic E-state index is 0.300. The normalized spacial score (nSPS) is 15.9. The molecule has 0 heterocycles. The summed E-state index contributed by atoms with van der Waals surface area (Å²) in [7, 11) is 0. The van der Waals surface area contributed by atoms with Gasteiger partial charge in [-0.2, -0.15) is 0 Å². The molecule has 0 aliphatic carbocycles. The Kier molecular flexibility index (Phi) is 14.0. The Morgan fingerprint density at radius 2 is 1.06 bits per heavy atom. The van der Waals surface area contributed by atoms with Gasteiger partial charge in [0.05, 0.1) is 32.8 Å². The molecule has 0 rings (SSSR count). The number of rotatable bonds is 17. The van der Waals surface area contributed by atoms with E-state index in [9.17, 15) is 49.5 Å². The van der Waals surface area contributed by atoms with Gasteiger partial charge >= 0.3 is 29.8 Å². The first-order chi connectivity index (χ1) is 15.7. The number of esters is 2. The van der Waals surface area contributed by atoms with Crippen LogP contribution in [0.2, 0.25) is 0 Å². The van der Waals surface area contributed by atoms with Crippen molar-refractivity contribution in [3.8, 4) is 0 Å². The maximum atomic E-state index is 12.0. The van der Waals surface area contributed by atoms with E-state index < -0.39 is 93.2 Å². The summed E-state index contributed by atoms with van der Waals surface area (Å²) in [5, 5.41) is 83.1. The Morgan fingerprint density at radius 1 is 0.647 bits per heavy atom. The zero-order chi connectivity index (χ0) is 26.6. The molecule has 0 bridgehead atoms. The molecule has 0 aromatic carbocycles. The fourth-order valence-electron chi connectivity index (χ4n) is 2.54. The SMILES string of the molecule is O=C(O)CN(CCN(CC(=O)O)CC(=O)OC(=O)[C@H](O)[C@H](O)[C@H](O)[C@@H](O)[C@H](O)CO)CC(=O)O. The van der Waals surface area contributed by atoms with Crippen molar-refractivity contribution in [2.24, 2.45) is 0 Å². The minimum atomic E-state index is -2.59. The lowest BCUT2D eigenvalue weighted by Crippen LogP contribution is -2.52. The molecule has 17 heteroatoms. The number of carboxylic acids is 3. The number of carbonyl (C=O) groups is 5. The first kappa shape index (κ1) is 31.2. The average molecular weight is 500 g/mol. The van der Waals surface area contributed by atoms with Crippen molar-refractivity contribution < 1.29 is 74.7 Å². The Balaban J connectivity index is 5.05. The second-order valence-electron chi connectivity index (χ2n) is 7.06. The lowest BCUT2D eigenvalue weighted by molar-refractivity contribution is -0.180. The van der Waals surface area contributed by atoms with Crippen LogP contribution in [-0.2, 0) is 28.7 Å². The van der Waals surface area contributed by atoms with Gasteiger partial charge in [0, 0.05) is 13.1 Å². The van der Waals surface area contributed by atoms with Crippen LogP contribution in [0.25, 0.3) is 0 Å². The van der Waals surface area contributed by atoms with Gasteiger partial charge in [-0.05, 0) is 0 Å². The summed E-state index contributed by atoms with van der Waals surface area (Å²) in [5.74, 6) is -7.37. The molecule has 34 heavy (non-hydrogen) atoms. The zero-order valence-corrected chi connectivity index (χ0v) is 17.7. The summed E-state index contributed by atoms with van der Waals surface area (Å²) in [6, 6.07) is 0. The van der Waals surface area contributed by atoms with Crippen molar-refractivity contribution in [3.05, 3.63) is 0 Å². The van der Waals surface area contributed by atoms with Crippen molar-refractivity contribution in [2.75, 3.05) is 45.9 Å². The van der Waals surface area contributed by atoms with Gasteiger partial charge in [-0.25, -0.2) is 4.79 Å². The number of hydrogen-bond acceptors (Lipinski definition) is 14. The third-order valence-electron chi connectivity index (χ3n) is 4.22. The van der Waals surface area contributed by atoms with Crippen LogP contribution in [0.5, 0.6) is 0 Å². The molecule has 0 aliphatic rings. The predicted molar refractivity (Wildman–Crippen MR) is 104 cm³/mol. The molecule has 0 aromatic rings. The summed E-state index contributed by atoms with van der Waals surface area (Å²) in [5.41, 5.74) is 0. The molecule has 9 N–H and O–H groups in total. The second-order valence-corrected chi connectivity index (χ2v) is 7.06. The number of aliphatic hydroxyl groups is 6. The number of hydrogen-bond donors (Lipinski definition) is 9. The molecule has 0 fully saturated rings. The van der Waals surface area contributed by atoms with Crippen molar-refractivity contribution in [3.63, 3.8) is 0 Å². The van der Waals surface area contributed by atoms with E-state index in [1.807, 2.05) is 0 Å². The van der Waals surface area contributed by atoms with Crippen LogP contribution in [0.15, 0.2) is 0 Å². The van der Waals surface area contributed by atoms with E-state index in [1.54, 1.807) is 0 Å². The molecule has 0 saturated heterocycles. The highest BCUT2D eigenvalue weighted by atomic mass is 16.6. The number of aliphatic hydroxyl groups excluding tert-OH is 6. The summed E-state index contributed by atoms with van der Waals surface area (Å²) >= 11 is 0. The fraction of sp³-hybridized carbons (Fsp3) is 0.706. The third-order valence-corrected chi connectivity index (χ3v) is 4.22. The molecule has 0 amide bonds. The van der Waals surface area contributed by atoms with E-state index in [-0.39, 0.29) is 13.1 Å². The highest BCUT2D eigenvalue weighted by molar-refractivity contribution is 5.89. The van der Waals surface area contributed by atoms with E-state index in [1.165, 1.54) is 0 Å². The van der Waals surface area contributed by atoms with Crippen LogP contribution in [0.1, 0.15) is 0 Å². The van der Waals surface area contributed by atoms with Crippen molar-refractivity contribution in [1.82, 2.24) is 9.80 Å². The maximum Gasteiger partial charge on any atom is 0.345 e. The largest absolute Gasteiger partial charge is 0.480 e. The van der Waals surface area contributed by atoms with Crippen LogP contribution in [0.3, 0.4) is 0 Å². The van der Waals surface area contributed by atoms with Gasteiger partial charge in [0.15, 0.2) is 6.10 Å². The van der Waals surface area contributed by atoms with E-state index >= 15 is 0 Å². The van der Waals surface area contributed by atoms with Crippen LogP contribution in [-0.4, -0.2) is 162 Å². The topological polar surface area (TPSA) is 283 Å². The van der Waals surface area contributed by atoms with Gasteiger partial charge in [0.2, 0.25) is 0 Å². The molecule has 0 aromatic heterocycles.